The van der Waals surface area contributed by atoms with Crippen molar-refractivity contribution < 1.29 is 57.5 Å². The normalized spacial score (nSPS) is 24.7. The number of benzene rings is 1. The molecule has 2 fully saturated rings. The van der Waals surface area contributed by atoms with Gasteiger partial charge in [-0.2, -0.15) is 13.2 Å². The van der Waals surface area contributed by atoms with Crippen LogP contribution in [0.1, 0.15) is 42.6 Å². The van der Waals surface area contributed by atoms with Crippen molar-refractivity contribution >= 4 is 40.9 Å². The summed E-state index contributed by atoms with van der Waals surface area (Å²) in [7, 11) is 0. The molecule has 2 saturated heterocycles. The fraction of sp³-hybridized carbons (Fsp3) is 0.500. The number of amides is 2. The summed E-state index contributed by atoms with van der Waals surface area (Å²) in [5, 5.41) is 45.1. The van der Waals surface area contributed by atoms with E-state index in [0.29, 0.717) is 38.1 Å². The molecule has 6 N–H and O–H groups in total. The molecule has 2 aromatic rings. The fourth-order valence-electron chi connectivity index (χ4n) is 4.99. The van der Waals surface area contributed by atoms with Gasteiger partial charge in [0.2, 0.25) is 12.2 Å². The average molecular weight is 661 g/mol. The molecule has 45 heavy (non-hydrogen) atoms. The molecule has 2 aliphatic heterocycles. The maximum Gasteiger partial charge on any atom is 0.416 e. The zero-order valence-corrected chi connectivity index (χ0v) is 24.7. The van der Waals surface area contributed by atoms with E-state index in [1.54, 1.807) is 0 Å². The minimum Gasteiger partial charge on any atom is -0.479 e. The predicted molar refractivity (Wildman–Crippen MR) is 152 cm³/mol. The molecule has 2 amide bonds. The number of likely N-dealkylation sites (tertiary alicyclic amines) is 1. The van der Waals surface area contributed by atoms with Crippen LogP contribution in [-0.2, 0) is 20.5 Å². The molecular formula is C28H32ClF3N4O9. The molecule has 3 heterocycles. The lowest BCUT2D eigenvalue weighted by Crippen LogP contribution is -2.61. The van der Waals surface area contributed by atoms with Crippen LogP contribution < -0.4 is 15.4 Å². The number of aliphatic hydroxyl groups is 3. The molecule has 0 saturated carbocycles. The first-order valence-corrected chi connectivity index (χ1v) is 14.3. The number of carbonyl (C=O) groups is 3. The smallest absolute Gasteiger partial charge is 0.416 e. The Morgan fingerprint density at radius 1 is 1.07 bits per heavy atom. The first-order valence-electron chi connectivity index (χ1n) is 13.9. The number of alkyl halides is 3. The van der Waals surface area contributed by atoms with E-state index in [1.165, 1.54) is 18.3 Å². The van der Waals surface area contributed by atoms with Crippen LogP contribution in [0.3, 0.4) is 0 Å². The van der Waals surface area contributed by atoms with Crippen LogP contribution in [0, 0.1) is 5.92 Å². The van der Waals surface area contributed by atoms with Crippen molar-refractivity contribution in [3.05, 3.63) is 46.6 Å². The standard InChI is InChI=1S/C28H32ClF3N4O9/c1-12(2)36-7-5-13(6-8-36)24(40)35-19-16(25(41)34-18-4-3-15(29)11-33-18)9-14(28(30,31)32)10-17(19)44-27-22(39)20(37)21(38)23(45-27)26(42)43/h3-4,9-13,20-23,27,37-39H,5-8H2,1-2H3,(H,35,40)(H,42,43)(H,33,34,41)/t20-,21-,22+,23-,27+/m0/s1. The summed E-state index contributed by atoms with van der Waals surface area (Å²) >= 11 is 5.82. The number of carboxylic acid groups (broad SMARTS) is 1. The van der Waals surface area contributed by atoms with Gasteiger partial charge in [-0.3, -0.25) is 9.59 Å². The highest BCUT2D eigenvalue weighted by atomic mass is 35.5. The van der Waals surface area contributed by atoms with E-state index < -0.39 is 83.1 Å². The van der Waals surface area contributed by atoms with Gasteiger partial charge in [-0.15, -0.1) is 0 Å². The molecular weight excluding hydrogens is 629 g/mol. The number of ether oxygens (including phenoxy) is 2. The Morgan fingerprint density at radius 2 is 1.73 bits per heavy atom. The molecule has 0 unspecified atom stereocenters. The lowest BCUT2D eigenvalue weighted by Gasteiger charge is -2.38. The van der Waals surface area contributed by atoms with Crippen molar-refractivity contribution in [3.63, 3.8) is 0 Å². The third-order valence-corrected chi connectivity index (χ3v) is 7.80. The fourth-order valence-corrected chi connectivity index (χ4v) is 5.10. The number of hydrogen-bond donors (Lipinski definition) is 6. The van der Waals surface area contributed by atoms with E-state index >= 15 is 0 Å². The number of nitrogens with zero attached hydrogens (tertiary/aromatic N) is 2. The third kappa shape index (κ3) is 8.01. The van der Waals surface area contributed by atoms with Crippen LogP contribution in [-0.4, -0.2) is 97.9 Å². The summed E-state index contributed by atoms with van der Waals surface area (Å²) < 4.78 is 52.8. The SMILES string of the molecule is CC(C)N1CCC(C(=O)Nc2c(O[C@@H]3O[C@H](C(=O)O)[C@@H](O)[C@H](O)[C@H]3O)cc(C(F)(F)F)cc2C(=O)Nc2ccc(Cl)cn2)CC1. The van der Waals surface area contributed by atoms with Crippen molar-refractivity contribution in [2.75, 3.05) is 23.7 Å². The van der Waals surface area contributed by atoms with E-state index in [0.717, 1.165) is 0 Å². The van der Waals surface area contributed by atoms with E-state index in [2.05, 4.69) is 20.5 Å². The van der Waals surface area contributed by atoms with Gasteiger partial charge in [0.25, 0.3) is 5.91 Å². The van der Waals surface area contributed by atoms with Crippen LogP contribution in [0.15, 0.2) is 30.5 Å². The highest BCUT2D eigenvalue weighted by Crippen LogP contribution is 2.40. The summed E-state index contributed by atoms with van der Waals surface area (Å²) in [6.45, 7) is 5.14. The number of pyridine rings is 1. The van der Waals surface area contributed by atoms with Gasteiger partial charge in [0.15, 0.2) is 6.10 Å². The van der Waals surface area contributed by atoms with Gasteiger partial charge in [-0.25, -0.2) is 9.78 Å². The number of aliphatic carboxylic acids is 1. The zero-order valence-electron chi connectivity index (χ0n) is 24.0. The van der Waals surface area contributed by atoms with Gasteiger partial charge in [-0.05, 0) is 64.0 Å². The number of hydrogen-bond acceptors (Lipinski definition) is 10. The Labute approximate surface area is 259 Å². The summed E-state index contributed by atoms with van der Waals surface area (Å²) in [6, 6.07) is 3.80. The lowest BCUT2D eigenvalue weighted by molar-refractivity contribution is -0.271. The van der Waals surface area contributed by atoms with Gasteiger partial charge in [0.05, 0.1) is 21.8 Å². The van der Waals surface area contributed by atoms with Crippen LogP contribution in [0.5, 0.6) is 5.75 Å². The van der Waals surface area contributed by atoms with Crippen molar-refractivity contribution in [1.82, 2.24) is 9.88 Å². The second kappa shape index (κ2) is 13.8. The van der Waals surface area contributed by atoms with Crippen LogP contribution in [0.2, 0.25) is 5.02 Å². The molecule has 0 spiro atoms. The molecule has 17 heteroatoms. The van der Waals surface area contributed by atoms with Gasteiger partial charge < -0.3 is 45.4 Å². The van der Waals surface area contributed by atoms with Crippen molar-refractivity contribution in [2.24, 2.45) is 5.92 Å². The highest BCUT2D eigenvalue weighted by molar-refractivity contribution is 6.30. The lowest BCUT2D eigenvalue weighted by atomic mass is 9.94. The van der Waals surface area contributed by atoms with Crippen molar-refractivity contribution in [2.45, 2.75) is 69.6 Å². The van der Waals surface area contributed by atoms with E-state index in [4.69, 9.17) is 21.1 Å². The number of carbonyl (C=O) groups excluding carboxylic acids is 2. The monoisotopic (exact) mass is 660 g/mol. The summed E-state index contributed by atoms with van der Waals surface area (Å²) in [4.78, 5) is 44.5. The molecule has 2 aliphatic rings. The molecule has 0 radical (unpaired) electrons. The van der Waals surface area contributed by atoms with E-state index in [9.17, 15) is 48.0 Å². The number of anilines is 2. The van der Waals surface area contributed by atoms with Gasteiger partial charge in [0.1, 0.15) is 29.9 Å². The van der Waals surface area contributed by atoms with Gasteiger partial charge in [0, 0.05) is 18.2 Å². The second-order valence-electron chi connectivity index (χ2n) is 11.0. The Morgan fingerprint density at radius 3 is 2.29 bits per heavy atom. The first-order chi connectivity index (χ1) is 21.1. The minimum atomic E-state index is -5.05. The minimum absolute atomic E-state index is 0.0879. The Bertz CT molecular complexity index is 1400. The highest BCUT2D eigenvalue weighted by Gasteiger charge is 2.48. The topological polar surface area (TPSA) is 191 Å². The summed E-state index contributed by atoms with van der Waals surface area (Å²) in [6.07, 6.45) is -13.7. The summed E-state index contributed by atoms with van der Waals surface area (Å²) in [5.41, 5.74) is -2.67. The number of carboxylic acids is 1. The molecule has 0 aliphatic carbocycles. The maximum atomic E-state index is 14.1. The molecule has 0 bridgehead atoms. The van der Waals surface area contributed by atoms with Gasteiger partial charge in [-0.1, -0.05) is 11.6 Å². The molecule has 246 valence electrons. The number of aromatic nitrogens is 1. The van der Waals surface area contributed by atoms with Crippen LogP contribution in [0.25, 0.3) is 0 Å². The maximum absolute atomic E-state index is 14.1. The third-order valence-electron chi connectivity index (χ3n) is 7.58. The second-order valence-corrected chi connectivity index (χ2v) is 11.4. The van der Waals surface area contributed by atoms with E-state index in [-0.39, 0.29) is 16.9 Å². The molecule has 5 atom stereocenters. The van der Waals surface area contributed by atoms with Crippen molar-refractivity contribution in [1.29, 1.82) is 0 Å². The number of piperidine rings is 1. The number of aliphatic hydroxyl groups excluding tert-OH is 3. The Kier molecular flexibility index (Phi) is 10.6. The number of rotatable bonds is 8. The molecule has 1 aromatic heterocycles. The van der Waals surface area contributed by atoms with Crippen LogP contribution >= 0.6 is 11.6 Å². The molecule has 1 aromatic carbocycles. The first kappa shape index (κ1) is 34.3. The summed E-state index contributed by atoms with van der Waals surface area (Å²) in [5.74, 6) is -5.05. The largest absolute Gasteiger partial charge is 0.479 e. The van der Waals surface area contributed by atoms with Crippen LogP contribution in [0.4, 0.5) is 24.7 Å². The number of nitrogens with one attached hydrogen (secondary N) is 2. The predicted octanol–water partition coefficient (Wildman–Crippen LogP) is 2.34. The zero-order chi connectivity index (χ0) is 33.2. The number of halogens is 4. The van der Waals surface area contributed by atoms with E-state index in [1.807, 2.05) is 13.8 Å². The molecule has 4 rings (SSSR count). The molecule has 13 nitrogen and oxygen atoms in total. The average Bonchev–Trinajstić information content (AvgIpc) is 2.98. The quantitative estimate of drug-likeness (QED) is 0.244. The van der Waals surface area contributed by atoms with Gasteiger partial charge >= 0.3 is 12.1 Å². The Balaban J connectivity index is 1.77. The van der Waals surface area contributed by atoms with Crippen molar-refractivity contribution in [3.8, 4) is 5.75 Å². The Hall–Kier alpha value is -3.54.